The maximum atomic E-state index is 13.5. The van der Waals surface area contributed by atoms with Crippen LogP contribution in [0, 0.1) is 18.6 Å². The molecule has 0 unspecified atom stereocenters. The van der Waals surface area contributed by atoms with E-state index >= 15 is 0 Å². The molecule has 2 aromatic rings. The van der Waals surface area contributed by atoms with E-state index in [1.54, 1.807) is 18.2 Å². The van der Waals surface area contributed by atoms with Crippen LogP contribution < -0.4 is 11.1 Å². The van der Waals surface area contributed by atoms with Gasteiger partial charge in [0.15, 0.2) is 0 Å². The lowest BCUT2D eigenvalue weighted by atomic mass is 10.2. The Kier molecular flexibility index (Phi) is 2.95. The Hall–Kier alpha value is -2.10. The Morgan fingerprint density at radius 1 is 1.00 bits per heavy atom. The van der Waals surface area contributed by atoms with Gasteiger partial charge in [0.05, 0.1) is 17.1 Å². The summed E-state index contributed by atoms with van der Waals surface area (Å²) in [5.41, 5.74) is 7.08. The average Bonchev–Trinajstić information content (AvgIpc) is 2.30. The summed E-state index contributed by atoms with van der Waals surface area (Å²) in [5.74, 6) is -0.928. The van der Waals surface area contributed by atoms with Gasteiger partial charge < -0.3 is 11.1 Å². The molecule has 0 atom stereocenters. The van der Waals surface area contributed by atoms with Crippen molar-refractivity contribution < 1.29 is 8.78 Å². The highest BCUT2D eigenvalue weighted by Crippen LogP contribution is 2.27. The lowest BCUT2D eigenvalue weighted by Crippen LogP contribution is -2.00. The Bertz CT molecular complexity index is 553. The molecule has 0 aliphatic rings. The molecule has 0 heterocycles. The van der Waals surface area contributed by atoms with Crippen molar-refractivity contribution in [3.05, 3.63) is 53.6 Å². The summed E-state index contributed by atoms with van der Waals surface area (Å²) < 4.78 is 26.7. The zero-order chi connectivity index (χ0) is 12.4. The number of rotatable bonds is 2. The minimum absolute atomic E-state index is 0.0200. The summed E-state index contributed by atoms with van der Waals surface area (Å²) in [6, 6.07) is 9.03. The van der Waals surface area contributed by atoms with Gasteiger partial charge in [-0.1, -0.05) is 12.1 Å². The van der Waals surface area contributed by atoms with Gasteiger partial charge in [-0.05, 0) is 36.8 Å². The molecule has 0 bridgehead atoms. The molecule has 88 valence electrons. The second-order valence-electron chi connectivity index (χ2n) is 3.81. The smallest absolute Gasteiger partial charge is 0.148 e. The van der Waals surface area contributed by atoms with Crippen molar-refractivity contribution in [1.82, 2.24) is 0 Å². The highest BCUT2D eigenvalue weighted by molar-refractivity contribution is 5.73. The van der Waals surface area contributed by atoms with Crippen molar-refractivity contribution in [2.75, 3.05) is 11.1 Å². The van der Waals surface area contributed by atoms with Gasteiger partial charge in [0.1, 0.15) is 11.6 Å². The monoisotopic (exact) mass is 234 g/mol. The number of anilines is 3. The largest absolute Gasteiger partial charge is 0.395 e. The summed E-state index contributed by atoms with van der Waals surface area (Å²) in [6.45, 7) is 1.85. The summed E-state index contributed by atoms with van der Waals surface area (Å²) in [6.07, 6.45) is 0. The van der Waals surface area contributed by atoms with Crippen molar-refractivity contribution in [2.24, 2.45) is 0 Å². The van der Waals surface area contributed by atoms with Crippen LogP contribution in [-0.4, -0.2) is 0 Å². The van der Waals surface area contributed by atoms with E-state index in [2.05, 4.69) is 5.32 Å². The van der Waals surface area contributed by atoms with Crippen LogP contribution in [0.3, 0.4) is 0 Å². The lowest BCUT2D eigenvalue weighted by molar-refractivity contribution is 0.629. The third kappa shape index (κ3) is 2.36. The highest BCUT2D eigenvalue weighted by atomic mass is 19.1. The van der Waals surface area contributed by atoms with E-state index in [4.69, 9.17) is 5.73 Å². The van der Waals surface area contributed by atoms with Crippen molar-refractivity contribution in [3.63, 3.8) is 0 Å². The molecule has 0 saturated heterocycles. The van der Waals surface area contributed by atoms with Gasteiger partial charge in [0, 0.05) is 0 Å². The summed E-state index contributed by atoms with van der Waals surface area (Å²) in [7, 11) is 0. The second kappa shape index (κ2) is 4.41. The van der Waals surface area contributed by atoms with Gasteiger partial charge in [-0.2, -0.15) is 0 Å². The highest BCUT2D eigenvalue weighted by Gasteiger charge is 2.07. The van der Waals surface area contributed by atoms with E-state index in [1.807, 2.05) is 6.92 Å². The molecule has 0 saturated carbocycles. The minimum atomic E-state index is -0.525. The van der Waals surface area contributed by atoms with E-state index in [0.717, 1.165) is 5.56 Å². The van der Waals surface area contributed by atoms with E-state index in [1.165, 1.54) is 18.2 Å². The molecule has 0 fully saturated rings. The normalized spacial score (nSPS) is 10.3. The summed E-state index contributed by atoms with van der Waals surface area (Å²) in [5, 5.41) is 2.78. The Morgan fingerprint density at radius 2 is 1.76 bits per heavy atom. The van der Waals surface area contributed by atoms with Crippen LogP contribution in [0.25, 0.3) is 0 Å². The Labute approximate surface area is 98.1 Å². The number of hydrogen-bond acceptors (Lipinski definition) is 2. The van der Waals surface area contributed by atoms with Crippen LogP contribution in [0.2, 0.25) is 0 Å². The van der Waals surface area contributed by atoms with Crippen LogP contribution in [0.4, 0.5) is 25.8 Å². The third-order valence-corrected chi connectivity index (χ3v) is 2.44. The summed E-state index contributed by atoms with van der Waals surface area (Å²) >= 11 is 0. The molecule has 0 aromatic heterocycles. The van der Waals surface area contributed by atoms with Gasteiger partial charge in [0.2, 0.25) is 0 Å². The van der Waals surface area contributed by atoms with Crippen LogP contribution in [0.1, 0.15) is 5.56 Å². The second-order valence-corrected chi connectivity index (χ2v) is 3.81. The first kappa shape index (κ1) is 11.4. The molecule has 0 aliphatic carbocycles. The van der Waals surface area contributed by atoms with Crippen molar-refractivity contribution >= 4 is 17.1 Å². The predicted molar refractivity (Wildman–Crippen MR) is 65.2 cm³/mol. The maximum Gasteiger partial charge on any atom is 0.148 e. The number of halogens is 2. The van der Waals surface area contributed by atoms with Crippen LogP contribution in [0.15, 0.2) is 36.4 Å². The number of para-hydroxylation sites is 1. The fourth-order valence-corrected chi connectivity index (χ4v) is 1.53. The molecule has 3 N–H and O–H groups in total. The first-order valence-corrected chi connectivity index (χ1v) is 5.15. The predicted octanol–water partition coefficient (Wildman–Crippen LogP) is 3.60. The molecule has 0 amide bonds. The zero-order valence-electron chi connectivity index (χ0n) is 9.30. The quantitative estimate of drug-likeness (QED) is 0.779. The zero-order valence-corrected chi connectivity index (χ0v) is 9.30. The molecule has 2 aromatic carbocycles. The SMILES string of the molecule is Cc1ccc(F)c(Nc2cccc(F)c2N)c1. The molecule has 2 nitrogen and oxygen atoms in total. The third-order valence-electron chi connectivity index (χ3n) is 2.44. The fraction of sp³-hybridized carbons (Fsp3) is 0.0769. The summed E-state index contributed by atoms with van der Waals surface area (Å²) in [4.78, 5) is 0. The van der Waals surface area contributed by atoms with Gasteiger partial charge in [-0.3, -0.25) is 0 Å². The number of aryl methyl sites for hydroxylation is 1. The lowest BCUT2D eigenvalue weighted by Gasteiger charge is -2.11. The number of nitrogens with two attached hydrogens (primary N) is 1. The van der Waals surface area contributed by atoms with Gasteiger partial charge >= 0.3 is 0 Å². The van der Waals surface area contributed by atoms with Crippen molar-refractivity contribution in [3.8, 4) is 0 Å². The standard InChI is InChI=1S/C13H12F2N2/c1-8-5-6-9(14)12(7-8)17-11-4-2-3-10(15)13(11)16/h2-7,17H,16H2,1H3. The van der Waals surface area contributed by atoms with E-state index in [-0.39, 0.29) is 11.4 Å². The van der Waals surface area contributed by atoms with Crippen LogP contribution >= 0.6 is 0 Å². The maximum absolute atomic E-state index is 13.5. The first-order chi connectivity index (χ1) is 8.08. The molecule has 0 radical (unpaired) electrons. The van der Waals surface area contributed by atoms with E-state index < -0.39 is 11.6 Å². The number of benzene rings is 2. The molecular weight excluding hydrogens is 222 g/mol. The molecule has 0 spiro atoms. The van der Waals surface area contributed by atoms with Gasteiger partial charge in [-0.25, -0.2) is 8.78 Å². The van der Waals surface area contributed by atoms with Gasteiger partial charge in [0.25, 0.3) is 0 Å². The molecular formula is C13H12F2N2. The fourth-order valence-electron chi connectivity index (χ4n) is 1.53. The number of nitrogen functional groups attached to an aromatic ring is 1. The molecule has 17 heavy (non-hydrogen) atoms. The molecule has 2 rings (SSSR count). The topological polar surface area (TPSA) is 38.0 Å². The van der Waals surface area contributed by atoms with Crippen LogP contribution in [-0.2, 0) is 0 Å². The minimum Gasteiger partial charge on any atom is -0.395 e. The van der Waals surface area contributed by atoms with Gasteiger partial charge in [-0.15, -0.1) is 0 Å². The van der Waals surface area contributed by atoms with E-state index in [0.29, 0.717) is 5.69 Å². The van der Waals surface area contributed by atoms with Crippen LogP contribution in [0.5, 0.6) is 0 Å². The molecule has 4 heteroatoms. The van der Waals surface area contributed by atoms with E-state index in [9.17, 15) is 8.78 Å². The number of nitrogens with one attached hydrogen (secondary N) is 1. The first-order valence-electron chi connectivity index (χ1n) is 5.15. The van der Waals surface area contributed by atoms with Crippen molar-refractivity contribution in [2.45, 2.75) is 6.92 Å². The number of hydrogen-bond donors (Lipinski definition) is 2. The average molecular weight is 234 g/mol. The molecule has 0 aliphatic heterocycles. The Morgan fingerprint density at radius 3 is 2.53 bits per heavy atom. The van der Waals surface area contributed by atoms with Crippen molar-refractivity contribution in [1.29, 1.82) is 0 Å². The Balaban J connectivity index is 2.38.